The predicted molar refractivity (Wildman–Crippen MR) is 87.5 cm³/mol. The van der Waals surface area contributed by atoms with Gasteiger partial charge in [0.15, 0.2) is 0 Å². The highest BCUT2D eigenvalue weighted by Crippen LogP contribution is 2.40. The molecule has 0 atom stereocenters. The first kappa shape index (κ1) is 14.9. The summed E-state index contributed by atoms with van der Waals surface area (Å²) in [5.41, 5.74) is 3.63. The van der Waals surface area contributed by atoms with Crippen LogP contribution in [-0.4, -0.2) is 25.8 Å². The molecule has 0 spiro atoms. The number of ether oxygens (including phenoxy) is 2. The average Bonchev–Trinajstić information content (AvgIpc) is 3.32. The maximum absolute atomic E-state index is 11.9. The van der Waals surface area contributed by atoms with Crippen molar-refractivity contribution in [1.29, 1.82) is 0 Å². The van der Waals surface area contributed by atoms with E-state index in [9.17, 15) is 4.79 Å². The maximum Gasteiger partial charge on any atom is 0.315 e. The molecular weight excluding hydrogens is 308 g/mol. The number of amides is 2. The molecule has 0 saturated heterocycles. The van der Waals surface area contributed by atoms with Crippen molar-refractivity contribution >= 4 is 6.03 Å². The summed E-state index contributed by atoms with van der Waals surface area (Å²) in [6, 6.07) is 5.53. The lowest BCUT2D eigenvalue weighted by atomic mass is 9.97. The lowest BCUT2D eigenvalue weighted by Crippen LogP contribution is -2.36. The Hall–Kier alpha value is -2.63. The third-order valence-corrected chi connectivity index (χ3v) is 4.42. The number of urea groups is 1. The molecule has 4 rings (SSSR count). The molecule has 2 amide bonds. The van der Waals surface area contributed by atoms with E-state index in [2.05, 4.69) is 16.7 Å². The van der Waals surface area contributed by atoms with Crippen LogP contribution in [-0.2, 0) is 25.8 Å². The summed E-state index contributed by atoms with van der Waals surface area (Å²) in [5.74, 6) is 2.71. The third-order valence-electron chi connectivity index (χ3n) is 4.42. The molecule has 0 aliphatic carbocycles. The van der Waals surface area contributed by atoms with E-state index in [-0.39, 0.29) is 6.03 Å². The summed E-state index contributed by atoms with van der Waals surface area (Å²) in [7, 11) is 0. The Balaban J connectivity index is 1.35. The minimum Gasteiger partial charge on any atom is -0.493 e. The summed E-state index contributed by atoms with van der Waals surface area (Å²) < 4.78 is 16.7. The Morgan fingerprint density at radius 3 is 2.96 bits per heavy atom. The van der Waals surface area contributed by atoms with Crippen LogP contribution >= 0.6 is 0 Å². The highest BCUT2D eigenvalue weighted by atomic mass is 16.5. The SMILES string of the molecule is O=C(NCCc1c2c(cc3c1OCC3)OCC2)NCc1ccco1. The topological polar surface area (TPSA) is 72.7 Å². The van der Waals surface area contributed by atoms with Gasteiger partial charge in [-0.25, -0.2) is 4.79 Å². The Morgan fingerprint density at radius 2 is 2.08 bits per heavy atom. The Labute approximate surface area is 140 Å². The molecule has 2 N–H and O–H groups in total. The van der Waals surface area contributed by atoms with Crippen molar-refractivity contribution < 1.29 is 18.7 Å². The van der Waals surface area contributed by atoms with E-state index in [0.29, 0.717) is 13.1 Å². The highest BCUT2D eigenvalue weighted by Gasteiger charge is 2.26. The number of fused-ring (bicyclic) bond motifs is 2. The first-order valence-electron chi connectivity index (χ1n) is 8.28. The van der Waals surface area contributed by atoms with Crippen LogP contribution in [0.2, 0.25) is 0 Å². The van der Waals surface area contributed by atoms with Crippen molar-refractivity contribution in [2.45, 2.75) is 25.8 Å². The zero-order valence-electron chi connectivity index (χ0n) is 13.4. The van der Waals surface area contributed by atoms with Crippen LogP contribution in [0.25, 0.3) is 0 Å². The van der Waals surface area contributed by atoms with Gasteiger partial charge in [-0.3, -0.25) is 0 Å². The van der Waals surface area contributed by atoms with E-state index in [1.165, 1.54) is 16.7 Å². The van der Waals surface area contributed by atoms with Crippen LogP contribution in [0.1, 0.15) is 22.5 Å². The first-order chi connectivity index (χ1) is 11.8. The second-order valence-corrected chi connectivity index (χ2v) is 5.96. The van der Waals surface area contributed by atoms with E-state index in [0.717, 1.165) is 49.7 Å². The smallest absolute Gasteiger partial charge is 0.315 e. The molecule has 6 heteroatoms. The van der Waals surface area contributed by atoms with Gasteiger partial charge in [-0.2, -0.15) is 0 Å². The summed E-state index contributed by atoms with van der Waals surface area (Å²) >= 11 is 0. The molecule has 0 saturated carbocycles. The molecule has 2 aliphatic heterocycles. The molecular formula is C18H20N2O4. The zero-order valence-corrected chi connectivity index (χ0v) is 13.4. The second-order valence-electron chi connectivity index (χ2n) is 5.96. The molecule has 0 radical (unpaired) electrons. The Bertz CT molecular complexity index is 708. The van der Waals surface area contributed by atoms with Gasteiger partial charge in [0, 0.05) is 36.1 Å². The number of hydrogen-bond donors (Lipinski definition) is 2. The van der Waals surface area contributed by atoms with Gasteiger partial charge >= 0.3 is 6.03 Å². The maximum atomic E-state index is 11.9. The third kappa shape index (κ3) is 2.91. The molecule has 0 fully saturated rings. The van der Waals surface area contributed by atoms with Gasteiger partial charge in [0.05, 0.1) is 26.0 Å². The van der Waals surface area contributed by atoms with E-state index >= 15 is 0 Å². The van der Waals surface area contributed by atoms with Crippen molar-refractivity contribution in [2.75, 3.05) is 19.8 Å². The number of carbonyl (C=O) groups excluding carboxylic acids is 1. The van der Waals surface area contributed by atoms with Crippen molar-refractivity contribution in [3.05, 3.63) is 46.9 Å². The lowest BCUT2D eigenvalue weighted by molar-refractivity contribution is 0.239. The molecule has 2 aliphatic rings. The predicted octanol–water partition coefficient (Wildman–Crippen LogP) is 2.19. The molecule has 1 aromatic carbocycles. The average molecular weight is 328 g/mol. The molecule has 3 heterocycles. The standard InChI is InChI=1S/C18H20N2O4/c21-18(20-11-13-2-1-7-22-13)19-6-3-15-14-5-9-23-16(14)10-12-4-8-24-17(12)15/h1-2,7,10H,3-6,8-9,11H2,(H2,19,20,21). The van der Waals surface area contributed by atoms with Crippen molar-refractivity contribution in [1.82, 2.24) is 10.6 Å². The quantitative estimate of drug-likeness (QED) is 0.882. The van der Waals surface area contributed by atoms with Crippen LogP contribution in [0, 0.1) is 0 Å². The number of hydrogen-bond acceptors (Lipinski definition) is 4. The fourth-order valence-corrected chi connectivity index (χ4v) is 3.29. The zero-order chi connectivity index (χ0) is 16.4. The minimum atomic E-state index is -0.201. The molecule has 126 valence electrons. The van der Waals surface area contributed by atoms with Gasteiger partial charge in [0.25, 0.3) is 0 Å². The number of nitrogens with one attached hydrogen (secondary N) is 2. The van der Waals surface area contributed by atoms with Crippen molar-refractivity contribution in [2.24, 2.45) is 0 Å². The molecule has 6 nitrogen and oxygen atoms in total. The number of furan rings is 1. The van der Waals surface area contributed by atoms with E-state index in [4.69, 9.17) is 13.9 Å². The monoisotopic (exact) mass is 328 g/mol. The van der Waals surface area contributed by atoms with Crippen LogP contribution in [0.3, 0.4) is 0 Å². The van der Waals surface area contributed by atoms with Gasteiger partial charge in [-0.05, 0) is 24.6 Å². The summed E-state index contributed by atoms with van der Waals surface area (Å²) in [5, 5.41) is 5.66. The summed E-state index contributed by atoms with van der Waals surface area (Å²) in [4.78, 5) is 11.9. The van der Waals surface area contributed by atoms with Crippen LogP contribution in [0.5, 0.6) is 11.5 Å². The van der Waals surface area contributed by atoms with E-state index in [1.54, 1.807) is 12.3 Å². The normalized spacial score (nSPS) is 14.5. The Kier molecular flexibility index (Phi) is 4.02. The lowest BCUT2D eigenvalue weighted by Gasteiger charge is -2.13. The Morgan fingerprint density at radius 1 is 1.17 bits per heavy atom. The molecule has 0 bridgehead atoms. The fraction of sp³-hybridized carbons (Fsp3) is 0.389. The molecule has 2 aromatic rings. The van der Waals surface area contributed by atoms with Crippen LogP contribution in [0.15, 0.2) is 28.9 Å². The summed E-state index contributed by atoms with van der Waals surface area (Å²) in [6.45, 7) is 2.38. The van der Waals surface area contributed by atoms with Crippen LogP contribution in [0.4, 0.5) is 4.79 Å². The van der Waals surface area contributed by atoms with Gasteiger partial charge in [-0.1, -0.05) is 0 Å². The van der Waals surface area contributed by atoms with Gasteiger partial charge < -0.3 is 24.5 Å². The summed E-state index contributed by atoms with van der Waals surface area (Å²) in [6.07, 6.45) is 4.17. The largest absolute Gasteiger partial charge is 0.493 e. The van der Waals surface area contributed by atoms with Crippen molar-refractivity contribution in [3.63, 3.8) is 0 Å². The van der Waals surface area contributed by atoms with Gasteiger partial charge in [-0.15, -0.1) is 0 Å². The molecule has 24 heavy (non-hydrogen) atoms. The van der Waals surface area contributed by atoms with Gasteiger partial charge in [0.1, 0.15) is 17.3 Å². The van der Waals surface area contributed by atoms with E-state index < -0.39 is 0 Å². The molecule has 1 aromatic heterocycles. The second kappa shape index (κ2) is 6.47. The minimum absolute atomic E-state index is 0.201. The number of benzene rings is 1. The number of carbonyl (C=O) groups is 1. The van der Waals surface area contributed by atoms with Crippen molar-refractivity contribution in [3.8, 4) is 11.5 Å². The fourth-order valence-electron chi connectivity index (χ4n) is 3.29. The first-order valence-corrected chi connectivity index (χ1v) is 8.28. The number of rotatable bonds is 5. The van der Waals surface area contributed by atoms with E-state index in [1.807, 2.05) is 6.07 Å². The van der Waals surface area contributed by atoms with Gasteiger partial charge in [0.2, 0.25) is 0 Å². The highest BCUT2D eigenvalue weighted by molar-refractivity contribution is 5.73. The van der Waals surface area contributed by atoms with Crippen LogP contribution < -0.4 is 20.1 Å². The molecule has 0 unspecified atom stereocenters.